The number of para-hydroxylation sites is 1. The van der Waals surface area contributed by atoms with Crippen molar-refractivity contribution in [3.63, 3.8) is 0 Å². The lowest BCUT2D eigenvalue weighted by Gasteiger charge is -2.24. The van der Waals surface area contributed by atoms with E-state index in [0.717, 1.165) is 11.3 Å². The molecule has 0 aliphatic heterocycles. The molecule has 0 spiro atoms. The van der Waals surface area contributed by atoms with Crippen LogP contribution in [-0.4, -0.2) is 21.5 Å². The molecule has 2 rings (SSSR count). The zero-order valence-electron chi connectivity index (χ0n) is 11.6. The molecule has 1 atom stereocenters. The maximum atomic E-state index is 12.3. The molecule has 0 aliphatic rings. The lowest BCUT2D eigenvalue weighted by atomic mass is 10.1. The molecule has 1 aromatic carbocycles. The standard InChI is InChI=1S/C14H16ClN3O2/c1-9-6-4-5-7-12(9)18(14(19)10(2)15)8-13-17-16-11(3)20-13/h4-7,10H,8H2,1-3H3. The fraction of sp³-hybridized carbons (Fsp3) is 0.357. The summed E-state index contributed by atoms with van der Waals surface area (Å²) in [4.78, 5) is 13.9. The van der Waals surface area contributed by atoms with Crippen LogP contribution in [0, 0.1) is 13.8 Å². The van der Waals surface area contributed by atoms with E-state index in [1.165, 1.54) is 0 Å². The lowest BCUT2D eigenvalue weighted by molar-refractivity contribution is -0.118. The summed E-state index contributed by atoms with van der Waals surface area (Å²) in [7, 11) is 0. The minimum absolute atomic E-state index is 0.197. The third-order valence-electron chi connectivity index (χ3n) is 2.87. The van der Waals surface area contributed by atoms with Crippen LogP contribution in [0.15, 0.2) is 28.7 Å². The minimum Gasteiger partial charge on any atom is -0.424 e. The Morgan fingerprint density at radius 2 is 2.05 bits per heavy atom. The number of benzene rings is 1. The number of carbonyl (C=O) groups is 1. The zero-order valence-corrected chi connectivity index (χ0v) is 12.4. The van der Waals surface area contributed by atoms with Gasteiger partial charge in [0.05, 0.1) is 0 Å². The van der Waals surface area contributed by atoms with E-state index in [-0.39, 0.29) is 12.5 Å². The molecule has 2 aromatic rings. The van der Waals surface area contributed by atoms with Crippen molar-refractivity contribution in [3.05, 3.63) is 41.6 Å². The van der Waals surface area contributed by atoms with Gasteiger partial charge in [-0.05, 0) is 25.5 Å². The van der Waals surface area contributed by atoms with Gasteiger partial charge in [-0.25, -0.2) is 0 Å². The van der Waals surface area contributed by atoms with Crippen LogP contribution in [0.3, 0.4) is 0 Å². The first kappa shape index (κ1) is 14.5. The number of hydrogen-bond donors (Lipinski definition) is 0. The van der Waals surface area contributed by atoms with E-state index in [9.17, 15) is 4.79 Å². The molecule has 6 heteroatoms. The van der Waals surface area contributed by atoms with Crippen molar-refractivity contribution < 1.29 is 9.21 Å². The van der Waals surface area contributed by atoms with Crippen molar-refractivity contribution >= 4 is 23.2 Å². The molecule has 1 amide bonds. The van der Waals surface area contributed by atoms with Gasteiger partial charge < -0.3 is 9.32 Å². The molecule has 20 heavy (non-hydrogen) atoms. The van der Waals surface area contributed by atoms with Crippen LogP contribution in [0.2, 0.25) is 0 Å². The van der Waals surface area contributed by atoms with E-state index < -0.39 is 5.38 Å². The summed E-state index contributed by atoms with van der Waals surface area (Å²) in [5.41, 5.74) is 1.77. The summed E-state index contributed by atoms with van der Waals surface area (Å²) in [6.07, 6.45) is 0. The molecule has 0 saturated heterocycles. The van der Waals surface area contributed by atoms with Gasteiger partial charge in [0.1, 0.15) is 11.9 Å². The van der Waals surface area contributed by atoms with Crippen molar-refractivity contribution in [2.75, 3.05) is 4.90 Å². The highest BCUT2D eigenvalue weighted by molar-refractivity contribution is 6.32. The van der Waals surface area contributed by atoms with Gasteiger partial charge in [0.15, 0.2) is 0 Å². The number of hydrogen-bond acceptors (Lipinski definition) is 4. The number of carbonyl (C=O) groups excluding carboxylic acids is 1. The molecule has 0 radical (unpaired) electrons. The maximum absolute atomic E-state index is 12.3. The van der Waals surface area contributed by atoms with Gasteiger partial charge >= 0.3 is 0 Å². The van der Waals surface area contributed by atoms with E-state index in [1.54, 1.807) is 18.7 Å². The Balaban J connectivity index is 2.35. The van der Waals surface area contributed by atoms with E-state index in [0.29, 0.717) is 11.8 Å². The first-order valence-electron chi connectivity index (χ1n) is 6.29. The highest BCUT2D eigenvalue weighted by Gasteiger charge is 2.23. The highest BCUT2D eigenvalue weighted by atomic mass is 35.5. The summed E-state index contributed by atoms with van der Waals surface area (Å²) < 4.78 is 5.35. The van der Waals surface area contributed by atoms with Gasteiger partial charge in [0.25, 0.3) is 0 Å². The third-order valence-corrected chi connectivity index (χ3v) is 3.06. The van der Waals surface area contributed by atoms with E-state index in [1.807, 2.05) is 31.2 Å². The third kappa shape index (κ3) is 3.17. The van der Waals surface area contributed by atoms with Gasteiger partial charge in [-0.2, -0.15) is 0 Å². The van der Waals surface area contributed by atoms with Gasteiger partial charge in [0, 0.05) is 12.6 Å². The Bertz CT molecular complexity index is 610. The fourth-order valence-electron chi connectivity index (χ4n) is 1.90. The molecule has 0 bridgehead atoms. The summed E-state index contributed by atoms with van der Waals surface area (Å²) in [5, 5.41) is 7.07. The second kappa shape index (κ2) is 6.05. The number of aryl methyl sites for hydroxylation is 2. The largest absolute Gasteiger partial charge is 0.424 e. The van der Waals surface area contributed by atoms with Crippen LogP contribution in [0.1, 0.15) is 24.3 Å². The van der Waals surface area contributed by atoms with Crippen molar-refractivity contribution in [2.45, 2.75) is 32.7 Å². The van der Waals surface area contributed by atoms with Crippen LogP contribution in [-0.2, 0) is 11.3 Å². The normalized spacial score (nSPS) is 12.2. The first-order valence-corrected chi connectivity index (χ1v) is 6.72. The number of amides is 1. The van der Waals surface area contributed by atoms with Crippen molar-refractivity contribution in [1.82, 2.24) is 10.2 Å². The summed E-state index contributed by atoms with van der Waals surface area (Å²) >= 11 is 5.94. The van der Waals surface area contributed by atoms with Crippen molar-refractivity contribution in [2.24, 2.45) is 0 Å². The topological polar surface area (TPSA) is 59.2 Å². The quantitative estimate of drug-likeness (QED) is 0.813. The Hall–Kier alpha value is -1.88. The van der Waals surface area contributed by atoms with Crippen LogP contribution in [0.4, 0.5) is 5.69 Å². The molecule has 0 saturated carbocycles. The van der Waals surface area contributed by atoms with E-state index >= 15 is 0 Å². The molecule has 106 valence electrons. The molecule has 1 aromatic heterocycles. The van der Waals surface area contributed by atoms with Gasteiger partial charge in [0.2, 0.25) is 17.7 Å². The second-order valence-electron chi connectivity index (χ2n) is 4.54. The fourth-order valence-corrected chi connectivity index (χ4v) is 2.02. The molecule has 5 nitrogen and oxygen atoms in total. The monoisotopic (exact) mass is 293 g/mol. The SMILES string of the molecule is Cc1nnc(CN(C(=O)C(C)Cl)c2ccccc2C)o1. The van der Waals surface area contributed by atoms with Gasteiger partial charge in [-0.15, -0.1) is 21.8 Å². The first-order chi connectivity index (χ1) is 9.49. The van der Waals surface area contributed by atoms with Crippen LogP contribution in [0.25, 0.3) is 0 Å². The number of halogens is 1. The predicted molar refractivity (Wildman–Crippen MR) is 76.7 cm³/mol. The highest BCUT2D eigenvalue weighted by Crippen LogP contribution is 2.23. The number of rotatable bonds is 4. The van der Waals surface area contributed by atoms with Gasteiger partial charge in [-0.3, -0.25) is 4.79 Å². The second-order valence-corrected chi connectivity index (χ2v) is 5.20. The summed E-state index contributed by atoms with van der Waals surface area (Å²) in [6, 6.07) is 7.60. The molecule has 1 heterocycles. The average molecular weight is 294 g/mol. The average Bonchev–Trinajstić information content (AvgIpc) is 2.81. The zero-order chi connectivity index (χ0) is 14.7. The smallest absolute Gasteiger partial charge is 0.245 e. The summed E-state index contributed by atoms with van der Waals surface area (Å²) in [6.45, 7) is 5.50. The van der Waals surface area contributed by atoms with Crippen LogP contribution < -0.4 is 4.90 Å². The Morgan fingerprint density at radius 1 is 1.35 bits per heavy atom. The van der Waals surface area contributed by atoms with Crippen molar-refractivity contribution in [3.8, 4) is 0 Å². The molecular weight excluding hydrogens is 278 g/mol. The van der Waals surface area contributed by atoms with Crippen LogP contribution in [0.5, 0.6) is 0 Å². The van der Waals surface area contributed by atoms with E-state index in [2.05, 4.69) is 10.2 Å². The number of alkyl halides is 1. The Labute approximate surface area is 122 Å². The molecule has 0 fully saturated rings. The maximum Gasteiger partial charge on any atom is 0.245 e. The Morgan fingerprint density at radius 3 is 2.60 bits per heavy atom. The van der Waals surface area contributed by atoms with E-state index in [4.69, 9.17) is 16.0 Å². The lowest BCUT2D eigenvalue weighted by Crippen LogP contribution is -2.35. The summed E-state index contributed by atoms with van der Waals surface area (Å²) in [5.74, 6) is 0.657. The molecule has 0 aliphatic carbocycles. The van der Waals surface area contributed by atoms with Crippen LogP contribution >= 0.6 is 11.6 Å². The predicted octanol–water partition coefficient (Wildman–Crippen LogP) is 2.85. The van der Waals surface area contributed by atoms with Gasteiger partial charge in [-0.1, -0.05) is 18.2 Å². The number of anilines is 1. The Kier molecular flexibility index (Phi) is 4.39. The molecule has 1 unspecified atom stereocenters. The minimum atomic E-state index is -0.626. The molecular formula is C14H16ClN3O2. The van der Waals surface area contributed by atoms with Crippen molar-refractivity contribution in [1.29, 1.82) is 0 Å². The molecule has 0 N–H and O–H groups in total. The number of nitrogens with zero attached hydrogens (tertiary/aromatic N) is 3. The number of aromatic nitrogens is 2.